The molecule has 0 amide bonds. The van der Waals surface area contributed by atoms with Gasteiger partial charge in [-0.2, -0.15) is 0 Å². The van der Waals surface area contributed by atoms with Crippen molar-refractivity contribution >= 4 is 16.8 Å². The lowest BCUT2D eigenvalue weighted by atomic mass is 10.2. The smallest absolute Gasteiger partial charge is 0.155 e. The molecule has 0 spiro atoms. The molecule has 0 aliphatic heterocycles. The molecule has 0 atom stereocenters. The number of carbonyl (C=O) groups is 1. The zero-order valence-electron chi connectivity index (χ0n) is 8.86. The number of benzene rings is 1. The monoisotopic (exact) mass is 206 g/mol. The first-order chi connectivity index (χ1) is 7.13. The van der Waals surface area contributed by atoms with Crippen molar-refractivity contribution in [2.45, 2.75) is 13.8 Å². The fourth-order valence-electron chi connectivity index (χ4n) is 1.11. The zero-order valence-corrected chi connectivity index (χ0v) is 8.86. The van der Waals surface area contributed by atoms with E-state index in [0.717, 1.165) is 11.3 Å². The Bertz CT molecular complexity index is 410. The Morgan fingerprint density at radius 2 is 2.00 bits per heavy atom. The van der Waals surface area contributed by atoms with Crippen molar-refractivity contribution < 1.29 is 14.3 Å². The van der Waals surface area contributed by atoms with Gasteiger partial charge in [0.2, 0.25) is 0 Å². The second-order valence-electron chi connectivity index (χ2n) is 3.26. The molecule has 3 heteroatoms. The molecule has 2 rings (SSSR count). The zero-order chi connectivity index (χ0) is 11.3. The van der Waals surface area contributed by atoms with E-state index in [1.54, 1.807) is 0 Å². The Balaban J connectivity index is 0.000000195. The van der Waals surface area contributed by atoms with Gasteiger partial charge in [0, 0.05) is 5.39 Å². The summed E-state index contributed by atoms with van der Waals surface area (Å²) >= 11 is 0. The first kappa shape index (κ1) is 11.5. The number of carbonyl (C=O) groups excluding carboxylic acids is 1. The van der Waals surface area contributed by atoms with Gasteiger partial charge in [-0.15, -0.1) is 0 Å². The SMILES string of the molecule is CC(=O)CO.Cc1cc2ccccc2o1. The molecular formula is C12H14O3. The molecule has 0 bridgehead atoms. The van der Waals surface area contributed by atoms with Crippen LogP contribution in [0.5, 0.6) is 0 Å². The van der Waals surface area contributed by atoms with E-state index in [0.29, 0.717) is 0 Å². The second-order valence-corrected chi connectivity index (χ2v) is 3.26. The van der Waals surface area contributed by atoms with Crippen molar-refractivity contribution in [3.05, 3.63) is 36.1 Å². The van der Waals surface area contributed by atoms with E-state index < -0.39 is 0 Å². The topological polar surface area (TPSA) is 50.4 Å². The van der Waals surface area contributed by atoms with Crippen LogP contribution >= 0.6 is 0 Å². The third-order valence-electron chi connectivity index (χ3n) is 1.77. The molecule has 2 aromatic rings. The van der Waals surface area contributed by atoms with Gasteiger partial charge in [-0.05, 0) is 26.0 Å². The molecule has 80 valence electrons. The highest BCUT2D eigenvalue weighted by Gasteiger charge is 1.95. The molecule has 1 heterocycles. The van der Waals surface area contributed by atoms with Gasteiger partial charge in [-0.1, -0.05) is 18.2 Å². The first-order valence-corrected chi connectivity index (χ1v) is 4.69. The largest absolute Gasteiger partial charge is 0.461 e. The Labute approximate surface area is 88.3 Å². The number of aryl methyl sites for hydroxylation is 1. The van der Waals surface area contributed by atoms with Crippen LogP contribution < -0.4 is 0 Å². The maximum atomic E-state index is 9.56. The molecular weight excluding hydrogens is 192 g/mol. The summed E-state index contributed by atoms with van der Waals surface area (Å²) in [4.78, 5) is 9.56. The summed E-state index contributed by atoms with van der Waals surface area (Å²) in [5.41, 5.74) is 0.972. The van der Waals surface area contributed by atoms with Crippen LogP contribution in [-0.2, 0) is 4.79 Å². The highest BCUT2D eigenvalue weighted by molar-refractivity contribution is 5.77. The van der Waals surface area contributed by atoms with E-state index in [2.05, 4.69) is 0 Å². The van der Waals surface area contributed by atoms with E-state index >= 15 is 0 Å². The van der Waals surface area contributed by atoms with Crippen LogP contribution in [0.1, 0.15) is 12.7 Å². The van der Waals surface area contributed by atoms with Crippen molar-refractivity contribution in [1.82, 2.24) is 0 Å². The van der Waals surface area contributed by atoms with Crippen LogP contribution in [0.25, 0.3) is 11.0 Å². The maximum Gasteiger partial charge on any atom is 0.155 e. The predicted octanol–water partition coefficient (Wildman–Crippen LogP) is 2.31. The minimum Gasteiger partial charge on any atom is -0.461 e. The van der Waals surface area contributed by atoms with Crippen LogP contribution in [0.2, 0.25) is 0 Å². The third-order valence-corrected chi connectivity index (χ3v) is 1.77. The van der Waals surface area contributed by atoms with Crippen LogP contribution in [0.15, 0.2) is 34.7 Å². The lowest BCUT2D eigenvalue weighted by Gasteiger charge is -1.82. The molecule has 3 nitrogen and oxygen atoms in total. The summed E-state index contributed by atoms with van der Waals surface area (Å²) in [6.07, 6.45) is 0. The van der Waals surface area contributed by atoms with E-state index in [-0.39, 0.29) is 12.4 Å². The summed E-state index contributed by atoms with van der Waals surface area (Å²) in [6, 6.07) is 10.0. The maximum absolute atomic E-state index is 9.56. The summed E-state index contributed by atoms with van der Waals surface area (Å²) in [6.45, 7) is 2.96. The molecule has 0 aliphatic carbocycles. The Kier molecular flexibility index (Phi) is 4.06. The van der Waals surface area contributed by atoms with Gasteiger partial charge in [0.15, 0.2) is 5.78 Å². The van der Waals surface area contributed by atoms with Gasteiger partial charge in [-0.25, -0.2) is 0 Å². The number of Topliss-reactive ketones (excluding diaryl/α,β-unsaturated/α-hetero) is 1. The molecule has 15 heavy (non-hydrogen) atoms. The molecule has 1 aromatic carbocycles. The van der Waals surface area contributed by atoms with Crippen molar-refractivity contribution in [3.8, 4) is 0 Å². The number of furan rings is 1. The fraction of sp³-hybridized carbons (Fsp3) is 0.250. The first-order valence-electron chi connectivity index (χ1n) is 4.69. The molecule has 0 saturated carbocycles. The third kappa shape index (κ3) is 3.56. The minimum absolute atomic E-state index is 0.190. The van der Waals surface area contributed by atoms with Gasteiger partial charge in [0.25, 0.3) is 0 Å². The molecule has 0 saturated heterocycles. The van der Waals surface area contributed by atoms with E-state index in [1.807, 2.05) is 37.3 Å². The van der Waals surface area contributed by atoms with Gasteiger partial charge in [0.05, 0.1) is 0 Å². The van der Waals surface area contributed by atoms with Crippen LogP contribution in [-0.4, -0.2) is 17.5 Å². The molecule has 0 aliphatic rings. The van der Waals surface area contributed by atoms with E-state index in [1.165, 1.54) is 12.3 Å². The fourth-order valence-corrected chi connectivity index (χ4v) is 1.11. The van der Waals surface area contributed by atoms with E-state index in [9.17, 15) is 4.79 Å². The number of hydrogen-bond donors (Lipinski definition) is 1. The summed E-state index contributed by atoms with van der Waals surface area (Å²) in [7, 11) is 0. The summed E-state index contributed by atoms with van der Waals surface area (Å²) < 4.78 is 5.37. The normalized spacial score (nSPS) is 9.53. The number of aliphatic hydroxyl groups excluding tert-OH is 1. The van der Waals surface area contributed by atoms with Crippen molar-refractivity contribution in [3.63, 3.8) is 0 Å². The van der Waals surface area contributed by atoms with Crippen LogP contribution in [0.3, 0.4) is 0 Å². The second kappa shape index (κ2) is 5.32. The van der Waals surface area contributed by atoms with Crippen LogP contribution in [0.4, 0.5) is 0 Å². The molecule has 0 unspecified atom stereocenters. The number of rotatable bonds is 1. The lowest BCUT2D eigenvalue weighted by molar-refractivity contribution is -0.119. The number of aliphatic hydroxyl groups is 1. The van der Waals surface area contributed by atoms with Gasteiger partial charge in [0.1, 0.15) is 18.0 Å². The average molecular weight is 206 g/mol. The van der Waals surface area contributed by atoms with Crippen molar-refractivity contribution in [2.24, 2.45) is 0 Å². The average Bonchev–Trinajstić information content (AvgIpc) is 2.58. The van der Waals surface area contributed by atoms with Crippen molar-refractivity contribution in [1.29, 1.82) is 0 Å². The predicted molar refractivity (Wildman–Crippen MR) is 58.7 cm³/mol. The number of ketones is 1. The molecule has 1 aromatic heterocycles. The van der Waals surface area contributed by atoms with Gasteiger partial charge >= 0.3 is 0 Å². The number of hydrogen-bond acceptors (Lipinski definition) is 3. The molecule has 0 fully saturated rings. The molecule has 1 N–H and O–H groups in total. The Hall–Kier alpha value is -1.61. The van der Waals surface area contributed by atoms with Crippen molar-refractivity contribution in [2.75, 3.05) is 6.61 Å². The lowest BCUT2D eigenvalue weighted by Crippen LogP contribution is -1.93. The highest BCUT2D eigenvalue weighted by Crippen LogP contribution is 2.17. The van der Waals surface area contributed by atoms with Gasteiger partial charge < -0.3 is 9.52 Å². The van der Waals surface area contributed by atoms with Gasteiger partial charge in [-0.3, -0.25) is 4.79 Å². The minimum atomic E-state index is -0.333. The summed E-state index contributed by atoms with van der Waals surface area (Å²) in [5, 5.41) is 8.97. The standard InChI is InChI=1S/C9H8O.C3H6O2/c1-7-6-8-4-2-3-5-9(8)10-7;1-3(5)2-4/h2-6H,1H3;4H,2H2,1H3. The van der Waals surface area contributed by atoms with Crippen LogP contribution in [0, 0.1) is 6.92 Å². The van der Waals surface area contributed by atoms with E-state index in [4.69, 9.17) is 9.52 Å². The molecule has 0 radical (unpaired) electrons. The number of fused-ring (bicyclic) bond motifs is 1. The quantitative estimate of drug-likeness (QED) is 0.778. The summed E-state index contributed by atoms with van der Waals surface area (Å²) in [5.74, 6) is 0.784. The highest BCUT2D eigenvalue weighted by atomic mass is 16.3. The number of para-hydroxylation sites is 1. The Morgan fingerprint density at radius 1 is 1.40 bits per heavy atom. The Morgan fingerprint density at radius 3 is 2.53 bits per heavy atom.